The molecule has 0 aliphatic rings. The first-order chi connectivity index (χ1) is 14.1. The van der Waals surface area contributed by atoms with Crippen LogP contribution in [0.15, 0.2) is 59.5 Å². The SMILES string of the molecule is CCOc1c(Br)cc(C(=O)Nc2ncccc2OCc2ccncc2)cc1OC. The van der Waals surface area contributed by atoms with Crippen LogP contribution in [-0.4, -0.2) is 29.6 Å². The molecule has 1 N–H and O–H groups in total. The fourth-order valence-electron chi connectivity index (χ4n) is 2.56. The number of halogens is 1. The Morgan fingerprint density at radius 3 is 2.62 bits per heavy atom. The van der Waals surface area contributed by atoms with E-state index in [0.717, 1.165) is 5.56 Å². The average Bonchev–Trinajstić information content (AvgIpc) is 2.75. The number of rotatable bonds is 8. The molecule has 1 amide bonds. The molecule has 3 rings (SSSR count). The summed E-state index contributed by atoms with van der Waals surface area (Å²) in [6.07, 6.45) is 4.98. The van der Waals surface area contributed by atoms with Crippen LogP contribution in [0, 0.1) is 0 Å². The van der Waals surface area contributed by atoms with Gasteiger partial charge in [-0.1, -0.05) is 0 Å². The van der Waals surface area contributed by atoms with Gasteiger partial charge < -0.3 is 19.5 Å². The number of amides is 1. The molecule has 0 saturated carbocycles. The fourth-order valence-corrected chi connectivity index (χ4v) is 3.11. The smallest absolute Gasteiger partial charge is 0.257 e. The first-order valence-electron chi connectivity index (χ1n) is 8.90. The van der Waals surface area contributed by atoms with Crippen molar-refractivity contribution in [3.63, 3.8) is 0 Å². The molecule has 29 heavy (non-hydrogen) atoms. The number of pyridine rings is 2. The first kappa shape index (κ1) is 20.6. The zero-order valence-electron chi connectivity index (χ0n) is 16.0. The number of anilines is 1. The Labute approximate surface area is 177 Å². The molecule has 0 radical (unpaired) electrons. The maximum Gasteiger partial charge on any atom is 0.257 e. The predicted octanol–water partition coefficient (Wildman–Crippen LogP) is 4.48. The summed E-state index contributed by atoms with van der Waals surface area (Å²) in [6.45, 7) is 2.69. The van der Waals surface area contributed by atoms with Crippen LogP contribution in [0.4, 0.5) is 5.82 Å². The molecule has 2 heterocycles. The van der Waals surface area contributed by atoms with Crippen molar-refractivity contribution in [2.75, 3.05) is 19.0 Å². The van der Waals surface area contributed by atoms with Crippen LogP contribution in [0.2, 0.25) is 0 Å². The summed E-state index contributed by atoms with van der Waals surface area (Å²) in [5.41, 5.74) is 1.35. The average molecular weight is 458 g/mol. The van der Waals surface area contributed by atoms with E-state index in [1.54, 1.807) is 42.9 Å². The van der Waals surface area contributed by atoms with Gasteiger partial charge in [-0.15, -0.1) is 0 Å². The standard InChI is InChI=1S/C21H20BrN3O4/c1-3-28-19-16(22)11-15(12-18(19)27-2)21(26)25-20-17(5-4-8-24-20)29-13-14-6-9-23-10-7-14/h4-12H,3,13H2,1-2H3,(H,24,25,26). The fraction of sp³-hybridized carbons (Fsp3) is 0.190. The van der Waals surface area contributed by atoms with E-state index in [0.29, 0.717) is 46.3 Å². The molecule has 0 aliphatic carbocycles. The maximum atomic E-state index is 12.8. The van der Waals surface area contributed by atoms with Crippen molar-refractivity contribution in [3.05, 3.63) is 70.6 Å². The Morgan fingerprint density at radius 1 is 1.10 bits per heavy atom. The minimum absolute atomic E-state index is 0.329. The second-order valence-electron chi connectivity index (χ2n) is 5.87. The van der Waals surface area contributed by atoms with Crippen molar-refractivity contribution < 1.29 is 19.0 Å². The second-order valence-corrected chi connectivity index (χ2v) is 6.73. The normalized spacial score (nSPS) is 10.3. The lowest BCUT2D eigenvalue weighted by Gasteiger charge is -2.14. The van der Waals surface area contributed by atoms with Gasteiger partial charge in [0, 0.05) is 24.2 Å². The molecular formula is C21H20BrN3O4. The summed E-state index contributed by atoms with van der Waals surface area (Å²) in [7, 11) is 1.52. The minimum atomic E-state index is -0.348. The van der Waals surface area contributed by atoms with E-state index in [9.17, 15) is 4.79 Å². The molecular weight excluding hydrogens is 438 g/mol. The highest BCUT2D eigenvalue weighted by molar-refractivity contribution is 9.10. The van der Waals surface area contributed by atoms with E-state index in [1.165, 1.54) is 7.11 Å². The number of carbonyl (C=O) groups excluding carboxylic acids is 1. The van der Waals surface area contributed by atoms with E-state index >= 15 is 0 Å². The number of aromatic nitrogens is 2. The number of nitrogens with zero attached hydrogens (tertiary/aromatic N) is 2. The van der Waals surface area contributed by atoms with Crippen molar-refractivity contribution in [1.29, 1.82) is 0 Å². The zero-order valence-corrected chi connectivity index (χ0v) is 17.6. The van der Waals surface area contributed by atoms with Gasteiger partial charge in [-0.25, -0.2) is 4.98 Å². The molecule has 8 heteroatoms. The van der Waals surface area contributed by atoms with Gasteiger partial charge >= 0.3 is 0 Å². The highest BCUT2D eigenvalue weighted by atomic mass is 79.9. The lowest BCUT2D eigenvalue weighted by molar-refractivity contribution is 0.102. The number of ether oxygens (including phenoxy) is 3. The predicted molar refractivity (Wildman–Crippen MR) is 113 cm³/mol. The van der Waals surface area contributed by atoms with E-state index in [1.807, 2.05) is 19.1 Å². The molecule has 0 saturated heterocycles. The van der Waals surface area contributed by atoms with Gasteiger partial charge in [-0.3, -0.25) is 9.78 Å². The summed E-state index contributed by atoms with van der Waals surface area (Å²) >= 11 is 3.43. The summed E-state index contributed by atoms with van der Waals surface area (Å²) in [6, 6.07) is 10.5. The number of hydrogen-bond donors (Lipinski definition) is 1. The highest BCUT2D eigenvalue weighted by Crippen LogP contribution is 2.37. The minimum Gasteiger partial charge on any atom is -0.493 e. The van der Waals surface area contributed by atoms with E-state index in [2.05, 4.69) is 31.2 Å². The number of carbonyl (C=O) groups is 1. The number of hydrogen-bond acceptors (Lipinski definition) is 6. The monoisotopic (exact) mass is 457 g/mol. The van der Waals surface area contributed by atoms with Gasteiger partial charge in [-0.2, -0.15) is 0 Å². The molecule has 150 valence electrons. The zero-order chi connectivity index (χ0) is 20.6. The Balaban J connectivity index is 1.78. The van der Waals surface area contributed by atoms with Crippen LogP contribution in [0.3, 0.4) is 0 Å². The Morgan fingerprint density at radius 2 is 1.90 bits per heavy atom. The molecule has 0 atom stereocenters. The summed E-state index contributed by atoms with van der Waals surface area (Å²) in [5.74, 6) is 1.46. The molecule has 0 fully saturated rings. The number of benzene rings is 1. The van der Waals surface area contributed by atoms with Gasteiger partial charge in [0.1, 0.15) is 6.61 Å². The molecule has 0 bridgehead atoms. The van der Waals surface area contributed by atoms with Gasteiger partial charge in [-0.05, 0) is 64.8 Å². The van der Waals surface area contributed by atoms with Crippen LogP contribution >= 0.6 is 15.9 Å². The molecule has 7 nitrogen and oxygen atoms in total. The van der Waals surface area contributed by atoms with Crippen molar-refractivity contribution in [1.82, 2.24) is 9.97 Å². The first-order valence-corrected chi connectivity index (χ1v) is 9.70. The molecule has 0 unspecified atom stereocenters. The number of nitrogens with one attached hydrogen (secondary N) is 1. The summed E-state index contributed by atoms with van der Waals surface area (Å²) in [5, 5.41) is 2.79. The van der Waals surface area contributed by atoms with Gasteiger partial charge in [0.15, 0.2) is 23.1 Å². The van der Waals surface area contributed by atoms with E-state index in [4.69, 9.17) is 14.2 Å². The van der Waals surface area contributed by atoms with Crippen LogP contribution in [0.1, 0.15) is 22.8 Å². The second kappa shape index (κ2) is 9.88. The van der Waals surface area contributed by atoms with Crippen molar-refractivity contribution in [2.45, 2.75) is 13.5 Å². The topological polar surface area (TPSA) is 82.6 Å². The van der Waals surface area contributed by atoms with Crippen molar-refractivity contribution in [3.8, 4) is 17.2 Å². The van der Waals surface area contributed by atoms with E-state index < -0.39 is 0 Å². The molecule has 0 aliphatic heterocycles. The van der Waals surface area contributed by atoms with Crippen molar-refractivity contribution in [2.24, 2.45) is 0 Å². The number of methoxy groups -OCH3 is 1. The Hall–Kier alpha value is -3.13. The molecule has 3 aromatic rings. The largest absolute Gasteiger partial charge is 0.493 e. The lowest BCUT2D eigenvalue weighted by Crippen LogP contribution is -2.14. The quantitative estimate of drug-likeness (QED) is 0.536. The van der Waals surface area contributed by atoms with E-state index in [-0.39, 0.29) is 5.91 Å². The Kier molecular flexibility index (Phi) is 7.02. The van der Waals surface area contributed by atoms with Crippen LogP contribution in [0.25, 0.3) is 0 Å². The summed E-state index contributed by atoms with van der Waals surface area (Å²) in [4.78, 5) is 21.0. The van der Waals surface area contributed by atoms with Gasteiger partial charge in [0.25, 0.3) is 5.91 Å². The van der Waals surface area contributed by atoms with Crippen LogP contribution in [0.5, 0.6) is 17.2 Å². The molecule has 2 aromatic heterocycles. The highest BCUT2D eigenvalue weighted by Gasteiger charge is 2.17. The third-order valence-electron chi connectivity index (χ3n) is 3.93. The van der Waals surface area contributed by atoms with Crippen molar-refractivity contribution >= 4 is 27.7 Å². The van der Waals surface area contributed by atoms with Gasteiger partial charge in [0.2, 0.25) is 0 Å². The van der Waals surface area contributed by atoms with Crippen LogP contribution < -0.4 is 19.5 Å². The van der Waals surface area contributed by atoms with Crippen LogP contribution in [-0.2, 0) is 6.61 Å². The summed E-state index contributed by atoms with van der Waals surface area (Å²) < 4.78 is 17.4. The van der Waals surface area contributed by atoms with Gasteiger partial charge in [0.05, 0.1) is 18.2 Å². The molecule has 0 spiro atoms. The molecule has 1 aromatic carbocycles. The Bertz CT molecular complexity index is 983. The third-order valence-corrected chi connectivity index (χ3v) is 4.52. The maximum absolute atomic E-state index is 12.8. The third kappa shape index (κ3) is 5.23. The lowest BCUT2D eigenvalue weighted by atomic mass is 10.2.